The van der Waals surface area contributed by atoms with E-state index in [0.717, 1.165) is 12.2 Å². The third-order valence-electron chi connectivity index (χ3n) is 3.15. The van der Waals surface area contributed by atoms with Gasteiger partial charge >= 0.3 is 0 Å². The molecule has 0 saturated carbocycles. The van der Waals surface area contributed by atoms with Gasteiger partial charge < -0.3 is 10.2 Å². The number of rotatable bonds is 5. The summed E-state index contributed by atoms with van der Waals surface area (Å²) in [4.78, 5) is 17.4. The molecular weight excluding hydrogens is 226 g/mol. The van der Waals surface area contributed by atoms with Crippen LogP contribution >= 0.6 is 0 Å². The van der Waals surface area contributed by atoms with Crippen molar-refractivity contribution in [2.75, 3.05) is 26.0 Å². The first-order valence-corrected chi connectivity index (χ1v) is 6.33. The Balaban J connectivity index is 2.68. The van der Waals surface area contributed by atoms with Gasteiger partial charge in [-0.15, -0.1) is 0 Å². The van der Waals surface area contributed by atoms with Crippen molar-refractivity contribution < 1.29 is 4.79 Å². The van der Waals surface area contributed by atoms with Gasteiger partial charge in [0.15, 0.2) is 0 Å². The molecule has 1 heterocycles. The summed E-state index contributed by atoms with van der Waals surface area (Å²) in [5, 5.41) is 3.35. The van der Waals surface area contributed by atoms with Gasteiger partial charge in [0.05, 0.1) is 0 Å². The maximum Gasteiger partial charge on any atom is 0.272 e. The van der Waals surface area contributed by atoms with Crippen LogP contribution in [0.25, 0.3) is 0 Å². The lowest BCUT2D eigenvalue weighted by Gasteiger charge is -2.17. The van der Waals surface area contributed by atoms with Gasteiger partial charge in [-0.2, -0.15) is 0 Å². The minimum atomic E-state index is -0.0736. The van der Waals surface area contributed by atoms with Crippen LogP contribution in [0.2, 0.25) is 0 Å². The zero-order valence-electron chi connectivity index (χ0n) is 11.9. The molecule has 1 aromatic heterocycles. The molecule has 1 rings (SSSR count). The predicted octanol–water partition coefficient (Wildman–Crippen LogP) is 2.49. The molecule has 0 saturated heterocycles. The fraction of sp³-hybridized carbons (Fsp3) is 0.571. The Bertz CT molecular complexity index is 402. The molecule has 1 N–H and O–H groups in total. The highest BCUT2D eigenvalue weighted by Crippen LogP contribution is 2.13. The van der Waals surface area contributed by atoms with E-state index in [1.54, 1.807) is 26.4 Å². The van der Waals surface area contributed by atoms with Crippen LogP contribution in [0.1, 0.15) is 31.3 Å². The van der Waals surface area contributed by atoms with Crippen molar-refractivity contribution in [3.63, 3.8) is 0 Å². The number of nitrogens with one attached hydrogen (secondary N) is 1. The van der Waals surface area contributed by atoms with E-state index in [1.807, 2.05) is 6.07 Å². The average Bonchev–Trinajstić information content (AvgIpc) is 2.35. The third kappa shape index (κ3) is 4.02. The number of carbonyl (C=O) groups excluding carboxylic acids is 1. The Hall–Kier alpha value is -1.58. The quantitative estimate of drug-likeness (QED) is 0.872. The topological polar surface area (TPSA) is 45.2 Å². The van der Waals surface area contributed by atoms with Crippen molar-refractivity contribution in [3.05, 3.63) is 24.0 Å². The third-order valence-corrected chi connectivity index (χ3v) is 3.15. The number of anilines is 1. The summed E-state index contributed by atoms with van der Waals surface area (Å²) in [6.07, 6.45) is 1.67. The van der Waals surface area contributed by atoms with Crippen LogP contribution in [0.5, 0.6) is 0 Å². The molecule has 100 valence electrons. The first-order valence-electron chi connectivity index (χ1n) is 6.33. The smallest absolute Gasteiger partial charge is 0.272 e. The Morgan fingerprint density at radius 3 is 2.61 bits per heavy atom. The summed E-state index contributed by atoms with van der Waals surface area (Å²) in [5.74, 6) is 1.16. The second kappa shape index (κ2) is 6.38. The van der Waals surface area contributed by atoms with Crippen molar-refractivity contribution in [1.29, 1.82) is 0 Å². The highest BCUT2D eigenvalue weighted by Gasteiger charge is 2.11. The number of nitrogens with zero attached hydrogens (tertiary/aromatic N) is 2. The molecule has 0 aromatic carbocycles. The summed E-state index contributed by atoms with van der Waals surface area (Å²) in [6.45, 7) is 7.53. The second-order valence-electron chi connectivity index (χ2n) is 5.23. The molecule has 0 bridgehead atoms. The van der Waals surface area contributed by atoms with E-state index in [4.69, 9.17) is 0 Å². The van der Waals surface area contributed by atoms with Crippen molar-refractivity contribution >= 4 is 11.6 Å². The minimum absolute atomic E-state index is 0.0736. The number of pyridine rings is 1. The largest absolute Gasteiger partial charge is 0.385 e. The van der Waals surface area contributed by atoms with Gasteiger partial charge in [-0.1, -0.05) is 20.8 Å². The van der Waals surface area contributed by atoms with Crippen LogP contribution in [0.4, 0.5) is 5.69 Å². The van der Waals surface area contributed by atoms with Crippen LogP contribution in [-0.4, -0.2) is 36.4 Å². The summed E-state index contributed by atoms with van der Waals surface area (Å²) < 4.78 is 0. The molecule has 4 heteroatoms. The molecule has 0 fully saturated rings. The van der Waals surface area contributed by atoms with Crippen molar-refractivity contribution in [1.82, 2.24) is 9.88 Å². The van der Waals surface area contributed by atoms with E-state index >= 15 is 0 Å². The van der Waals surface area contributed by atoms with Gasteiger partial charge in [0, 0.05) is 32.5 Å². The SMILES string of the molecule is CC(C)C(C)CNc1ccnc(C(=O)N(C)C)c1. The molecule has 0 aliphatic heterocycles. The summed E-state index contributed by atoms with van der Waals surface area (Å²) in [7, 11) is 3.45. The van der Waals surface area contributed by atoms with Gasteiger partial charge in [0.1, 0.15) is 5.69 Å². The molecule has 1 amide bonds. The zero-order valence-corrected chi connectivity index (χ0v) is 11.9. The normalized spacial score (nSPS) is 12.3. The minimum Gasteiger partial charge on any atom is -0.385 e. The van der Waals surface area contributed by atoms with Crippen molar-refractivity contribution in [3.8, 4) is 0 Å². The second-order valence-corrected chi connectivity index (χ2v) is 5.23. The summed E-state index contributed by atoms with van der Waals surface area (Å²) in [6, 6.07) is 3.69. The van der Waals surface area contributed by atoms with Gasteiger partial charge in [-0.25, -0.2) is 0 Å². The molecule has 18 heavy (non-hydrogen) atoms. The van der Waals surface area contributed by atoms with E-state index in [2.05, 4.69) is 31.1 Å². The molecule has 0 aliphatic carbocycles. The Labute approximate surface area is 109 Å². The highest BCUT2D eigenvalue weighted by molar-refractivity contribution is 5.92. The molecular formula is C14H23N3O. The van der Waals surface area contributed by atoms with Crippen LogP contribution in [0, 0.1) is 11.8 Å². The van der Waals surface area contributed by atoms with E-state index in [9.17, 15) is 4.79 Å². The number of hydrogen-bond donors (Lipinski definition) is 1. The number of carbonyl (C=O) groups is 1. The molecule has 1 atom stereocenters. The van der Waals surface area contributed by atoms with E-state index in [0.29, 0.717) is 17.5 Å². The maximum atomic E-state index is 11.8. The van der Waals surface area contributed by atoms with Crippen LogP contribution in [0.3, 0.4) is 0 Å². The molecule has 0 aliphatic rings. The summed E-state index contributed by atoms with van der Waals surface area (Å²) in [5.41, 5.74) is 1.42. The number of amides is 1. The van der Waals surface area contributed by atoms with E-state index in [1.165, 1.54) is 4.90 Å². The molecule has 1 unspecified atom stereocenters. The lowest BCUT2D eigenvalue weighted by molar-refractivity contribution is 0.0822. The fourth-order valence-electron chi connectivity index (χ4n) is 1.40. The average molecular weight is 249 g/mol. The van der Waals surface area contributed by atoms with Gasteiger partial charge in [-0.05, 0) is 24.0 Å². The summed E-state index contributed by atoms with van der Waals surface area (Å²) >= 11 is 0. The Kier molecular flexibility index (Phi) is 5.13. The van der Waals surface area contributed by atoms with E-state index < -0.39 is 0 Å². The van der Waals surface area contributed by atoms with Gasteiger partial charge in [-0.3, -0.25) is 9.78 Å². The predicted molar refractivity (Wildman–Crippen MR) is 74.7 cm³/mol. The molecule has 4 nitrogen and oxygen atoms in total. The van der Waals surface area contributed by atoms with Gasteiger partial charge in [0.2, 0.25) is 0 Å². The van der Waals surface area contributed by atoms with Crippen molar-refractivity contribution in [2.24, 2.45) is 11.8 Å². The highest BCUT2D eigenvalue weighted by atomic mass is 16.2. The maximum absolute atomic E-state index is 11.8. The lowest BCUT2D eigenvalue weighted by Crippen LogP contribution is -2.23. The first-order chi connectivity index (χ1) is 8.41. The Morgan fingerprint density at radius 2 is 2.06 bits per heavy atom. The zero-order chi connectivity index (χ0) is 13.7. The number of hydrogen-bond acceptors (Lipinski definition) is 3. The van der Waals surface area contributed by atoms with Crippen LogP contribution < -0.4 is 5.32 Å². The molecule has 0 spiro atoms. The van der Waals surface area contributed by atoms with Crippen LogP contribution in [0.15, 0.2) is 18.3 Å². The first kappa shape index (κ1) is 14.5. The molecule has 0 radical (unpaired) electrons. The van der Waals surface area contributed by atoms with Gasteiger partial charge in [0.25, 0.3) is 5.91 Å². The van der Waals surface area contributed by atoms with Crippen LogP contribution in [-0.2, 0) is 0 Å². The standard InChI is InChI=1S/C14H23N3O/c1-10(2)11(3)9-16-12-6-7-15-13(8-12)14(18)17(4)5/h6-8,10-11H,9H2,1-5H3,(H,15,16). The Morgan fingerprint density at radius 1 is 1.39 bits per heavy atom. The fourth-order valence-corrected chi connectivity index (χ4v) is 1.40. The van der Waals surface area contributed by atoms with Crippen molar-refractivity contribution in [2.45, 2.75) is 20.8 Å². The lowest BCUT2D eigenvalue weighted by atomic mass is 9.98. The monoisotopic (exact) mass is 249 g/mol. The van der Waals surface area contributed by atoms with E-state index in [-0.39, 0.29) is 5.91 Å². The molecule has 1 aromatic rings. The number of aromatic nitrogens is 1.